The van der Waals surface area contributed by atoms with Gasteiger partial charge < -0.3 is 10.1 Å². The Morgan fingerprint density at radius 2 is 1.96 bits per heavy atom. The van der Waals surface area contributed by atoms with E-state index in [9.17, 15) is 4.79 Å². The van der Waals surface area contributed by atoms with Gasteiger partial charge in [0.2, 0.25) is 0 Å². The van der Waals surface area contributed by atoms with Gasteiger partial charge in [-0.25, -0.2) is 5.48 Å². The van der Waals surface area contributed by atoms with Crippen molar-refractivity contribution in [2.24, 2.45) is 0 Å². The zero-order chi connectivity index (χ0) is 18.2. The number of nitrogens with zero attached hydrogens (tertiary/aromatic N) is 1. The van der Waals surface area contributed by atoms with E-state index in [1.807, 2.05) is 48.5 Å². The number of hydrogen-bond acceptors (Lipinski definition) is 6. The van der Waals surface area contributed by atoms with E-state index in [0.29, 0.717) is 18.0 Å². The van der Waals surface area contributed by atoms with Crippen LogP contribution in [0.4, 0.5) is 0 Å². The zero-order valence-corrected chi connectivity index (χ0v) is 14.8. The maximum absolute atomic E-state index is 11.4. The van der Waals surface area contributed by atoms with Crippen LogP contribution in [-0.4, -0.2) is 29.3 Å². The van der Waals surface area contributed by atoms with Crippen molar-refractivity contribution in [3.05, 3.63) is 71.4 Å². The van der Waals surface area contributed by atoms with Crippen molar-refractivity contribution >= 4 is 17.2 Å². The third-order valence-electron chi connectivity index (χ3n) is 3.64. The number of rotatable bonds is 8. The van der Waals surface area contributed by atoms with E-state index < -0.39 is 5.91 Å². The molecule has 0 bridgehead atoms. The SMILES string of the molecule is O=C(NO)c1ccc(-c2ccc(CNCCOc3ccccc3)nc2)s1. The molecule has 0 spiro atoms. The number of amides is 1. The predicted octanol–water partition coefficient (Wildman–Crippen LogP) is 3.10. The summed E-state index contributed by atoms with van der Waals surface area (Å²) in [4.78, 5) is 17.2. The number of hydrogen-bond donors (Lipinski definition) is 3. The van der Waals surface area contributed by atoms with Gasteiger partial charge in [-0.05, 0) is 30.3 Å². The van der Waals surface area contributed by atoms with E-state index >= 15 is 0 Å². The van der Waals surface area contributed by atoms with Gasteiger partial charge in [0.05, 0.1) is 10.6 Å². The molecule has 1 aromatic carbocycles. The van der Waals surface area contributed by atoms with Crippen molar-refractivity contribution in [1.82, 2.24) is 15.8 Å². The molecule has 6 nitrogen and oxygen atoms in total. The molecular formula is C19H19N3O3S. The Kier molecular flexibility index (Phi) is 6.32. The summed E-state index contributed by atoms with van der Waals surface area (Å²) in [7, 11) is 0. The summed E-state index contributed by atoms with van der Waals surface area (Å²) in [6.45, 7) is 1.97. The lowest BCUT2D eigenvalue weighted by Gasteiger charge is -2.07. The second-order valence-corrected chi connectivity index (χ2v) is 6.57. The molecule has 0 aliphatic rings. The number of pyridine rings is 1. The van der Waals surface area contributed by atoms with Crippen LogP contribution in [0, 0.1) is 0 Å². The van der Waals surface area contributed by atoms with Gasteiger partial charge in [-0.1, -0.05) is 24.3 Å². The van der Waals surface area contributed by atoms with Crippen LogP contribution in [0.1, 0.15) is 15.4 Å². The molecule has 0 aliphatic carbocycles. The van der Waals surface area contributed by atoms with Gasteiger partial charge in [0, 0.05) is 29.7 Å². The minimum absolute atomic E-state index is 0.451. The average molecular weight is 369 g/mol. The van der Waals surface area contributed by atoms with Crippen molar-refractivity contribution in [3.8, 4) is 16.2 Å². The Labute approximate surface area is 155 Å². The molecule has 3 aromatic rings. The molecule has 2 aromatic heterocycles. The fourth-order valence-electron chi connectivity index (χ4n) is 2.32. The highest BCUT2D eigenvalue weighted by Gasteiger charge is 2.09. The Bertz CT molecular complexity index is 835. The molecule has 0 atom stereocenters. The van der Waals surface area contributed by atoms with Crippen LogP contribution < -0.4 is 15.5 Å². The minimum atomic E-state index is -0.507. The van der Waals surface area contributed by atoms with Crippen molar-refractivity contribution in [1.29, 1.82) is 0 Å². The minimum Gasteiger partial charge on any atom is -0.492 e. The number of aromatic nitrogens is 1. The highest BCUT2D eigenvalue weighted by atomic mass is 32.1. The second kappa shape index (κ2) is 9.10. The first-order valence-corrected chi connectivity index (χ1v) is 8.96. The van der Waals surface area contributed by atoms with Gasteiger partial charge in [-0.15, -0.1) is 11.3 Å². The predicted molar refractivity (Wildman–Crippen MR) is 100 cm³/mol. The first kappa shape index (κ1) is 18.1. The molecular weight excluding hydrogens is 350 g/mol. The summed E-state index contributed by atoms with van der Waals surface area (Å²) >= 11 is 1.30. The lowest BCUT2D eigenvalue weighted by Crippen LogP contribution is -2.21. The van der Waals surface area contributed by atoms with Crippen LogP contribution in [0.25, 0.3) is 10.4 Å². The van der Waals surface area contributed by atoms with Gasteiger partial charge in [0.1, 0.15) is 12.4 Å². The highest BCUT2D eigenvalue weighted by molar-refractivity contribution is 7.17. The van der Waals surface area contributed by atoms with Crippen LogP contribution >= 0.6 is 11.3 Å². The number of benzene rings is 1. The number of carbonyl (C=O) groups excluding carboxylic acids is 1. The van der Waals surface area contributed by atoms with E-state index in [2.05, 4.69) is 10.3 Å². The molecule has 134 valence electrons. The Balaban J connectivity index is 1.45. The lowest BCUT2D eigenvalue weighted by molar-refractivity contribution is 0.0711. The van der Waals surface area contributed by atoms with Crippen LogP contribution in [0.3, 0.4) is 0 Å². The molecule has 3 N–H and O–H groups in total. The Morgan fingerprint density at radius 1 is 1.12 bits per heavy atom. The smallest absolute Gasteiger partial charge is 0.284 e. The van der Waals surface area contributed by atoms with Crippen molar-refractivity contribution < 1.29 is 14.7 Å². The topological polar surface area (TPSA) is 83.5 Å². The van der Waals surface area contributed by atoms with Gasteiger partial charge in [0.15, 0.2) is 0 Å². The van der Waals surface area contributed by atoms with E-state index in [4.69, 9.17) is 9.94 Å². The fraction of sp³-hybridized carbons (Fsp3) is 0.158. The molecule has 26 heavy (non-hydrogen) atoms. The lowest BCUT2D eigenvalue weighted by atomic mass is 10.2. The third kappa shape index (κ3) is 4.89. The van der Waals surface area contributed by atoms with Gasteiger partial charge in [0.25, 0.3) is 5.91 Å². The van der Waals surface area contributed by atoms with Crippen molar-refractivity contribution in [3.63, 3.8) is 0 Å². The molecule has 0 fully saturated rings. The summed E-state index contributed by atoms with van der Waals surface area (Å²) < 4.78 is 5.62. The molecule has 0 saturated heterocycles. The second-order valence-electron chi connectivity index (χ2n) is 5.48. The van der Waals surface area contributed by atoms with E-state index in [-0.39, 0.29) is 0 Å². The summed E-state index contributed by atoms with van der Waals surface area (Å²) in [5, 5.41) is 12.0. The zero-order valence-electron chi connectivity index (χ0n) is 14.0. The quantitative estimate of drug-likeness (QED) is 0.323. The fourth-order valence-corrected chi connectivity index (χ4v) is 3.21. The molecule has 3 rings (SSSR count). The highest BCUT2D eigenvalue weighted by Crippen LogP contribution is 2.27. The van der Waals surface area contributed by atoms with E-state index in [0.717, 1.165) is 28.4 Å². The third-order valence-corrected chi connectivity index (χ3v) is 4.77. The van der Waals surface area contributed by atoms with Crippen LogP contribution in [0.5, 0.6) is 5.75 Å². The molecule has 0 radical (unpaired) electrons. The molecule has 0 unspecified atom stereocenters. The number of nitrogens with one attached hydrogen (secondary N) is 2. The molecule has 1 amide bonds. The summed E-state index contributed by atoms with van der Waals surface area (Å²) in [6, 6.07) is 17.1. The van der Waals surface area contributed by atoms with Crippen LogP contribution in [0.2, 0.25) is 0 Å². The maximum Gasteiger partial charge on any atom is 0.284 e. The number of carbonyl (C=O) groups is 1. The molecule has 0 saturated carbocycles. The largest absolute Gasteiger partial charge is 0.492 e. The Morgan fingerprint density at radius 3 is 2.69 bits per heavy atom. The summed E-state index contributed by atoms with van der Waals surface area (Å²) in [5.74, 6) is 0.356. The van der Waals surface area contributed by atoms with Gasteiger partial charge in [-0.2, -0.15) is 0 Å². The summed E-state index contributed by atoms with van der Waals surface area (Å²) in [5.41, 5.74) is 3.50. The number of para-hydroxylation sites is 1. The molecule has 7 heteroatoms. The Hall–Kier alpha value is -2.74. The van der Waals surface area contributed by atoms with E-state index in [1.54, 1.807) is 17.7 Å². The van der Waals surface area contributed by atoms with Crippen LogP contribution in [0.15, 0.2) is 60.8 Å². The average Bonchev–Trinajstić information content (AvgIpc) is 3.19. The number of hydroxylamine groups is 1. The first-order valence-electron chi connectivity index (χ1n) is 8.14. The van der Waals surface area contributed by atoms with Crippen molar-refractivity contribution in [2.75, 3.05) is 13.2 Å². The number of thiophene rings is 1. The monoisotopic (exact) mass is 369 g/mol. The summed E-state index contributed by atoms with van der Waals surface area (Å²) in [6.07, 6.45) is 1.78. The first-order chi connectivity index (χ1) is 12.8. The van der Waals surface area contributed by atoms with Gasteiger partial charge >= 0.3 is 0 Å². The van der Waals surface area contributed by atoms with Crippen LogP contribution in [-0.2, 0) is 6.54 Å². The standard InChI is InChI=1S/C19H19N3O3S/c23-19(22-24)18-9-8-17(26-18)14-6-7-15(21-12-14)13-20-10-11-25-16-4-2-1-3-5-16/h1-9,12,20,24H,10-11,13H2,(H,22,23). The van der Waals surface area contributed by atoms with Gasteiger partial charge in [-0.3, -0.25) is 15.0 Å². The number of ether oxygens (including phenoxy) is 1. The maximum atomic E-state index is 11.4. The normalized spacial score (nSPS) is 10.5. The van der Waals surface area contributed by atoms with Crippen molar-refractivity contribution in [2.45, 2.75) is 6.54 Å². The molecule has 2 heterocycles. The molecule has 0 aliphatic heterocycles. The van der Waals surface area contributed by atoms with E-state index in [1.165, 1.54) is 11.3 Å².